The van der Waals surface area contributed by atoms with E-state index < -0.39 is 8.80 Å². The SMILES string of the molecule is Cn1cc([Si](c2ccccc2)c2ccccc2)c2cc(Br)ccc21. The monoisotopic (exact) mass is 390 g/mol. The highest BCUT2D eigenvalue weighted by Gasteiger charge is 2.23. The summed E-state index contributed by atoms with van der Waals surface area (Å²) in [4.78, 5) is 0. The van der Waals surface area contributed by atoms with E-state index in [0.29, 0.717) is 0 Å². The van der Waals surface area contributed by atoms with E-state index in [1.807, 2.05) is 0 Å². The van der Waals surface area contributed by atoms with Crippen LogP contribution in [0.4, 0.5) is 0 Å². The topological polar surface area (TPSA) is 4.93 Å². The lowest BCUT2D eigenvalue weighted by Crippen LogP contribution is -2.51. The minimum Gasteiger partial charge on any atom is -0.351 e. The summed E-state index contributed by atoms with van der Waals surface area (Å²) in [6.45, 7) is 0. The van der Waals surface area contributed by atoms with Gasteiger partial charge in [-0.1, -0.05) is 87.0 Å². The van der Waals surface area contributed by atoms with Gasteiger partial charge in [-0.15, -0.1) is 0 Å². The third kappa shape index (κ3) is 2.74. The molecule has 0 fully saturated rings. The molecule has 0 aliphatic rings. The molecular weight excluding hydrogens is 374 g/mol. The summed E-state index contributed by atoms with van der Waals surface area (Å²) in [7, 11) is 1.09. The molecule has 0 amide bonds. The van der Waals surface area contributed by atoms with Crippen LogP contribution in [0.1, 0.15) is 0 Å². The van der Waals surface area contributed by atoms with Crippen LogP contribution in [0.15, 0.2) is 89.5 Å². The molecule has 117 valence electrons. The fraction of sp³-hybridized carbons (Fsp3) is 0.0476. The van der Waals surface area contributed by atoms with Gasteiger partial charge in [-0.25, -0.2) is 0 Å². The van der Waals surface area contributed by atoms with Crippen molar-refractivity contribution in [3.63, 3.8) is 0 Å². The van der Waals surface area contributed by atoms with Gasteiger partial charge in [0.2, 0.25) is 0 Å². The average Bonchev–Trinajstić information content (AvgIpc) is 2.93. The molecule has 3 aromatic carbocycles. The van der Waals surface area contributed by atoms with Crippen molar-refractivity contribution in [3.8, 4) is 0 Å². The first-order valence-electron chi connectivity index (χ1n) is 7.97. The van der Waals surface area contributed by atoms with Crippen molar-refractivity contribution in [2.75, 3.05) is 0 Å². The van der Waals surface area contributed by atoms with Gasteiger partial charge in [-0.05, 0) is 23.4 Å². The molecule has 0 N–H and O–H groups in total. The molecule has 0 saturated heterocycles. The van der Waals surface area contributed by atoms with Crippen LogP contribution in [0, 0.1) is 0 Å². The van der Waals surface area contributed by atoms with Crippen LogP contribution in [-0.4, -0.2) is 13.4 Å². The van der Waals surface area contributed by atoms with E-state index in [9.17, 15) is 0 Å². The van der Waals surface area contributed by atoms with Crippen molar-refractivity contribution in [2.45, 2.75) is 0 Å². The van der Waals surface area contributed by atoms with Gasteiger partial charge in [-0.3, -0.25) is 0 Å². The minimum absolute atomic E-state index is 1.04. The zero-order chi connectivity index (χ0) is 16.5. The van der Waals surface area contributed by atoms with Crippen molar-refractivity contribution >= 4 is 51.2 Å². The Balaban J connectivity index is 2.00. The second-order valence-electron chi connectivity index (χ2n) is 5.92. The molecule has 1 aromatic heterocycles. The Kier molecular flexibility index (Phi) is 4.13. The van der Waals surface area contributed by atoms with Crippen LogP contribution in [-0.2, 0) is 7.05 Å². The lowest BCUT2D eigenvalue weighted by molar-refractivity contribution is 0.972. The Morgan fingerprint density at radius 1 is 0.792 bits per heavy atom. The molecule has 0 unspecified atom stereocenters. The molecular formula is C21H17BrNSi. The van der Waals surface area contributed by atoms with E-state index in [1.54, 1.807) is 0 Å². The summed E-state index contributed by atoms with van der Waals surface area (Å²) >= 11 is 3.64. The standard InChI is InChI=1S/C21H17BrNSi/c1-23-15-21(19-14-16(22)12-13-20(19)23)24(17-8-4-2-5-9-17)18-10-6-3-7-11-18/h2-15H,1H3. The molecule has 0 bridgehead atoms. The van der Waals surface area contributed by atoms with Gasteiger partial charge in [-0.2, -0.15) is 0 Å². The second-order valence-corrected chi connectivity index (χ2v) is 9.28. The van der Waals surface area contributed by atoms with Gasteiger partial charge in [0.1, 0.15) is 0 Å². The Labute approximate surface area is 152 Å². The number of rotatable bonds is 3. The highest BCUT2D eigenvalue weighted by atomic mass is 79.9. The minimum atomic E-state index is -1.04. The molecule has 0 atom stereocenters. The zero-order valence-electron chi connectivity index (χ0n) is 13.4. The fourth-order valence-electron chi connectivity index (χ4n) is 3.25. The van der Waals surface area contributed by atoms with Crippen LogP contribution in [0.2, 0.25) is 0 Å². The van der Waals surface area contributed by atoms with Crippen molar-refractivity contribution < 1.29 is 0 Å². The first-order chi connectivity index (χ1) is 11.7. The van der Waals surface area contributed by atoms with Crippen LogP contribution in [0.5, 0.6) is 0 Å². The van der Waals surface area contributed by atoms with E-state index in [2.05, 4.69) is 113 Å². The number of halogens is 1. The number of benzene rings is 3. The lowest BCUT2D eigenvalue weighted by atomic mass is 10.2. The van der Waals surface area contributed by atoms with Gasteiger partial charge >= 0.3 is 0 Å². The third-order valence-electron chi connectivity index (χ3n) is 4.35. The Bertz CT molecular complexity index is 937. The third-order valence-corrected chi connectivity index (χ3v) is 7.60. The molecule has 0 spiro atoms. The van der Waals surface area contributed by atoms with E-state index >= 15 is 0 Å². The highest BCUT2D eigenvalue weighted by molar-refractivity contribution is 9.10. The number of hydrogen-bond acceptors (Lipinski definition) is 0. The van der Waals surface area contributed by atoms with Gasteiger partial charge in [0.15, 0.2) is 8.80 Å². The van der Waals surface area contributed by atoms with Crippen molar-refractivity contribution in [3.05, 3.63) is 89.5 Å². The predicted octanol–water partition coefficient (Wildman–Crippen LogP) is 3.46. The van der Waals surface area contributed by atoms with Crippen LogP contribution in [0.25, 0.3) is 10.9 Å². The van der Waals surface area contributed by atoms with Crippen LogP contribution < -0.4 is 15.6 Å². The molecule has 24 heavy (non-hydrogen) atoms. The molecule has 3 heteroatoms. The quantitative estimate of drug-likeness (QED) is 0.472. The molecule has 0 aliphatic heterocycles. The summed E-state index contributed by atoms with van der Waals surface area (Å²) in [5.74, 6) is 0. The molecule has 0 saturated carbocycles. The first kappa shape index (κ1) is 15.4. The number of aryl methyl sites for hydroxylation is 1. The van der Waals surface area contributed by atoms with E-state index in [0.717, 1.165) is 4.47 Å². The maximum atomic E-state index is 3.64. The zero-order valence-corrected chi connectivity index (χ0v) is 16.0. The van der Waals surface area contributed by atoms with E-state index in [1.165, 1.54) is 26.5 Å². The Morgan fingerprint density at radius 3 is 1.96 bits per heavy atom. The average molecular weight is 391 g/mol. The van der Waals surface area contributed by atoms with Gasteiger partial charge in [0.05, 0.1) is 0 Å². The lowest BCUT2D eigenvalue weighted by Gasteiger charge is -2.15. The van der Waals surface area contributed by atoms with Gasteiger partial charge < -0.3 is 4.57 Å². The summed E-state index contributed by atoms with van der Waals surface area (Å²) in [6, 6.07) is 28.4. The molecule has 1 nitrogen and oxygen atoms in total. The molecule has 1 radical (unpaired) electrons. The van der Waals surface area contributed by atoms with Gasteiger partial charge in [0.25, 0.3) is 0 Å². The number of aromatic nitrogens is 1. The first-order valence-corrected chi connectivity index (χ1v) is 10.3. The second kappa shape index (κ2) is 6.42. The number of fused-ring (bicyclic) bond motifs is 1. The van der Waals surface area contributed by atoms with Gasteiger partial charge in [0, 0.05) is 28.6 Å². The summed E-state index contributed by atoms with van der Waals surface area (Å²) in [5, 5.41) is 5.62. The Morgan fingerprint density at radius 2 is 1.38 bits per heavy atom. The summed E-state index contributed by atoms with van der Waals surface area (Å²) in [5.41, 5.74) is 1.28. The number of hydrogen-bond donors (Lipinski definition) is 0. The van der Waals surface area contributed by atoms with Crippen molar-refractivity contribution in [2.24, 2.45) is 7.05 Å². The smallest absolute Gasteiger partial charge is 0.157 e. The largest absolute Gasteiger partial charge is 0.351 e. The normalized spacial score (nSPS) is 11.3. The van der Waals surface area contributed by atoms with Crippen molar-refractivity contribution in [1.82, 2.24) is 4.57 Å². The maximum Gasteiger partial charge on any atom is 0.157 e. The van der Waals surface area contributed by atoms with Crippen molar-refractivity contribution in [1.29, 1.82) is 0 Å². The van der Waals surface area contributed by atoms with Crippen LogP contribution in [0.3, 0.4) is 0 Å². The predicted molar refractivity (Wildman–Crippen MR) is 108 cm³/mol. The number of nitrogens with zero attached hydrogens (tertiary/aromatic N) is 1. The highest BCUT2D eigenvalue weighted by Crippen LogP contribution is 2.19. The Hall–Kier alpha value is -2.10. The summed E-state index contributed by atoms with van der Waals surface area (Å²) in [6.07, 6.45) is 2.31. The molecule has 4 aromatic rings. The summed E-state index contributed by atoms with van der Waals surface area (Å²) < 4.78 is 3.37. The van der Waals surface area contributed by atoms with E-state index in [-0.39, 0.29) is 0 Å². The molecule has 4 rings (SSSR count). The fourth-order valence-corrected chi connectivity index (χ4v) is 6.41. The molecule has 0 aliphatic carbocycles. The van der Waals surface area contributed by atoms with Crippen LogP contribution >= 0.6 is 15.9 Å². The maximum absolute atomic E-state index is 3.64. The van der Waals surface area contributed by atoms with E-state index in [4.69, 9.17) is 0 Å². The molecule has 1 heterocycles.